The van der Waals surface area contributed by atoms with Crippen molar-refractivity contribution in [3.8, 4) is 0 Å². The Morgan fingerprint density at radius 1 is 1.33 bits per heavy atom. The number of thiophene rings is 1. The van der Waals surface area contributed by atoms with Crippen LogP contribution >= 0.6 is 27.3 Å². The third kappa shape index (κ3) is 3.73. The number of hydrogen-bond donors (Lipinski definition) is 2. The average Bonchev–Trinajstić information content (AvgIpc) is 3.11. The maximum absolute atomic E-state index is 12.2. The van der Waals surface area contributed by atoms with E-state index in [1.807, 2.05) is 24.3 Å². The van der Waals surface area contributed by atoms with Crippen molar-refractivity contribution in [3.63, 3.8) is 0 Å². The first-order valence-electron chi connectivity index (χ1n) is 7.16. The van der Waals surface area contributed by atoms with Gasteiger partial charge in [0.15, 0.2) is 6.54 Å². The minimum Gasteiger partial charge on any atom is -0.321 e. The monoisotopic (exact) mass is 365 g/mol. The SMILES string of the molecule is O=C(C[NH+]1CCC[C@H]1c1cccs1)Nc1ccc(Br)cc1. The highest BCUT2D eigenvalue weighted by molar-refractivity contribution is 9.10. The molecule has 0 radical (unpaired) electrons. The summed E-state index contributed by atoms with van der Waals surface area (Å²) in [7, 11) is 0. The summed E-state index contributed by atoms with van der Waals surface area (Å²) in [5.74, 6) is 0.0933. The highest BCUT2D eigenvalue weighted by atomic mass is 79.9. The zero-order valence-electron chi connectivity index (χ0n) is 11.6. The van der Waals surface area contributed by atoms with E-state index >= 15 is 0 Å². The first-order valence-corrected chi connectivity index (χ1v) is 8.83. The summed E-state index contributed by atoms with van der Waals surface area (Å²) in [6, 6.07) is 12.5. The van der Waals surface area contributed by atoms with Gasteiger partial charge >= 0.3 is 0 Å². The molecule has 1 aliphatic heterocycles. The lowest BCUT2D eigenvalue weighted by atomic mass is 10.2. The fraction of sp³-hybridized carbons (Fsp3) is 0.312. The summed E-state index contributed by atoms with van der Waals surface area (Å²) in [5, 5.41) is 5.10. The minimum atomic E-state index is 0.0933. The molecular weight excluding hydrogens is 348 g/mol. The third-order valence-corrected chi connectivity index (χ3v) is 5.40. The van der Waals surface area contributed by atoms with Crippen molar-refractivity contribution in [2.45, 2.75) is 18.9 Å². The second-order valence-corrected chi connectivity index (χ2v) is 7.25. The number of quaternary nitrogens is 1. The normalized spacial score (nSPS) is 21.4. The van der Waals surface area contributed by atoms with Gasteiger partial charge in [-0.3, -0.25) is 4.79 Å². The van der Waals surface area contributed by atoms with Crippen molar-refractivity contribution in [1.82, 2.24) is 0 Å². The molecule has 0 bridgehead atoms. The predicted molar refractivity (Wildman–Crippen MR) is 89.8 cm³/mol. The number of nitrogens with one attached hydrogen (secondary N) is 2. The van der Waals surface area contributed by atoms with Crippen LogP contribution in [0.5, 0.6) is 0 Å². The van der Waals surface area contributed by atoms with Crippen LogP contribution in [0.25, 0.3) is 0 Å². The number of likely N-dealkylation sites (tertiary alicyclic amines) is 1. The van der Waals surface area contributed by atoms with Crippen molar-refractivity contribution in [1.29, 1.82) is 0 Å². The van der Waals surface area contributed by atoms with E-state index in [0.717, 1.165) is 16.7 Å². The van der Waals surface area contributed by atoms with E-state index in [1.54, 1.807) is 11.3 Å². The number of halogens is 1. The van der Waals surface area contributed by atoms with Crippen molar-refractivity contribution in [2.75, 3.05) is 18.4 Å². The molecule has 2 atom stereocenters. The van der Waals surface area contributed by atoms with E-state index in [0.29, 0.717) is 12.6 Å². The number of benzene rings is 1. The van der Waals surface area contributed by atoms with Crippen molar-refractivity contribution in [3.05, 3.63) is 51.1 Å². The molecular formula is C16H18BrN2OS+. The van der Waals surface area contributed by atoms with Gasteiger partial charge in [-0.1, -0.05) is 22.0 Å². The quantitative estimate of drug-likeness (QED) is 0.857. The van der Waals surface area contributed by atoms with Crippen LogP contribution in [0.15, 0.2) is 46.3 Å². The summed E-state index contributed by atoms with van der Waals surface area (Å²) in [5.41, 5.74) is 0.856. The van der Waals surface area contributed by atoms with E-state index in [-0.39, 0.29) is 5.91 Å². The molecule has 1 amide bonds. The molecule has 1 aromatic carbocycles. The van der Waals surface area contributed by atoms with E-state index in [2.05, 4.69) is 38.8 Å². The van der Waals surface area contributed by atoms with Gasteiger partial charge in [-0.25, -0.2) is 0 Å². The van der Waals surface area contributed by atoms with Crippen LogP contribution in [-0.4, -0.2) is 19.0 Å². The molecule has 1 aliphatic rings. The van der Waals surface area contributed by atoms with Gasteiger partial charge in [0.1, 0.15) is 6.04 Å². The maximum atomic E-state index is 12.2. The summed E-state index contributed by atoms with van der Waals surface area (Å²) >= 11 is 5.20. The van der Waals surface area contributed by atoms with Crippen molar-refractivity contribution in [2.24, 2.45) is 0 Å². The number of hydrogen-bond acceptors (Lipinski definition) is 2. The lowest BCUT2D eigenvalue weighted by Crippen LogP contribution is -3.11. The summed E-state index contributed by atoms with van der Waals surface area (Å²) < 4.78 is 1.02. The molecule has 21 heavy (non-hydrogen) atoms. The van der Waals surface area contributed by atoms with Crippen LogP contribution in [-0.2, 0) is 4.79 Å². The number of rotatable bonds is 4. The molecule has 0 aliphatic carbocycles. The molecule has 2 heterocycles. The van der Waals surface area contributed by atoms with Gasteiger partial charge in [-0.2, -0.15) is 0 Å². The summed E-state index contributed by atoms with van der Waals surface area (Å²) in [4.78, 5) is 15.0. The Labute approximate surface area is 137 Å². The Morgan fingerprint density at radius 2 is 2.14 bits per heavy atom. The molecule has 1 aromatic heterocycles. The lowest BCUT2D eigenvalue weighted by Gasteiger charge is -2.20. The average molecular weight is 366 g/mol. The first kappa shape index (κ1) is 14.8. The molecule has 0 spiro atoms. The molecule has 2 aromatic rings. The van der Waals surface area contributed by atoms with Gasteiger partial charge < -0.3 is 10.2 Å². The smallest absolute Gasteiger partial charge is 0.279 e. The highest BCUT2D eigenvalue weighted by Crippen LogP contribution is 2.23. The van der Waals surface area contributed by atoms with E-state index in [9.17, 15) is 4.79 Å². The molecule has 2 N–H and O–H groups in total. The summed E-state index contributed by atoms with van der Waals surface area (Å²) in [6.07, 6.45) is 2.38. The number of amides is 1. The zero-order valence-corrected chi connectivity index (χ0v) is 14.0. The Bertz CT molecular complexity index is 597. The molecule has 0 saturated carbocycles. The van der Waals surface area contributed by atoms with Crippen LogP contribution in [0, 0.1) is 0 Å². The van der Waals surface area contributed by atoms with Gasteiger partial charge in [0.05, 0.1) is 11.4 Å². The van der Waals surface area contributed by atoms with Crippen LogP contribution < -0.4 is 10.2 Å². The topological polar surface area (TPSA) is 33.5 Å². The largest absolute Gasteiger partial charge is 0.321 e. The summed E-state index contributed by atoms with van der Waals surface area (Å²) in [6.45, 7) is 1.62. The maximum Gasteiger partial charge on any atom is 0.279 e. The Balaban J connectivity index is 1.60. The molecule has 5 heteroatoms. The second-order valence-electron chi connectivity index (χ2n) is 5.35. The lowest BCUT2D eigenvalue weighted by molar-refractivity contribution is -0.910. The van der Waals surface area contributed by atoms with E-state index in [4.69, 9.17) is 0 Å². The molecule has 3 nitrogen and oxygen atoms in total. The van der Waals surface area contributed by atoms with Crippen molar-refractivity contribution >= 4 is 38.9 Å². The Morgan fingerprint density at radius 3 is 2.86 bits per heavy atom. The minimum absolute atomic E-state index is 0.0933. The van der Waals surface area contributed by atoms with Crippen LogP contribution in [0.1, 0.15) is 23.8 Å². The van der Waals surface area contributed by atoms with Gasteiger partial charge in [0.25, 0.3) is 5.91 Å². The van der Waals surface area contributed by atoms with Crippen LogP contribution in [0.3, 0.4) is 0 Å². The van der Waals surface area contributed by atoms with Gasteiger partial charge in [-0.15, -0.1) is 11.3 Å². The first-order chi connectivity index (χ1) is 10.2. The molecule has 1 fully saturated rings. The van der Waals surface area contributed by atoms with E-state index in [1.165, 1.54) is 22.6 Å². The number of anilines is 1. The Hall–Kier alpha value is -1.17. The van der Waals surface area contributed by atoms with Crippen molar-refractivity contribution < 1.29 is 9.69 Å². The van der Waals surface area contributed by atoms with Gasteiger partial charge in [-0.05, 0) is 35.7 Å². The third-order valence-electron chi connectivity index (χ3n) is 3.89. The van der Waals surface area contributed by atoms with Crippen LogP contribution in [0.4, 0.5) is 5.69 Å². The molecule has 1 saturated heterocycles. The predicted octanol–water partition coefficient (Wildman–Crippen LogP) is 2.87. The molecule has 1 unspecified atom stereocenters. The number of carbonyl (C=O) groups excluding carboxylic acids is 1. The molecule has 110 valence electrons. The zero-order chi connectivity index (χ0) is 14.7. The number of carbonyl (C=O) groups is 1. The van der Waals surface area contributed by atoms with Gasteiger partial charge in [0, 0.05) is 23.0 Å². The van der Waals surface area contributed by atoms with Gasteiger partial charge in [0.2, 0.25) is 0 Å². The fourth-order valence-corrected chi connectivity index (χ4v) is 4.09. The molecule has 3 rings (SSSR count). The highest BCUT2D eigenvalue weighted by Gasteiger charge is 2.32. The standard InChI is InChI=1S/C16H17BrN2OS/c17-12-5-7-13(8-6-12)18-16(20)11-19-9-1-3-14(19)15-4-2-10-21-15/h2,4-8,10,14H,1,3,9,11H2,(H,18,20)/p+1/t14-/m0/s1. The second kappa shape index (κ2) is 6.73. The van der Waals surface area contributed by atoms with E-state index < -0.39 is 0 Å². The Kier molecular flexibility index (Phi) is 4.73. The van der Waals surface area contributed by atoms with Crippen LogP contribution in [0.2, 0.25) is 0 Å². The fourth-order valence-electron chi connectivity index (χ4n) is 2.90.